The Hall–Kier alpha value is -4.69. The average molecular weight is 854 g/mol. The van der Waals surface area contributed by atoms with Crippen LogP contribution in [-0.2, 0) is 21.7 Å². The van der Waals surface area contributed by atoms with Crippen molar-refractivity contribution in [3.05, 3.63) is 142 Å². The van der Waals surface area contributed by atoms with Crippen LogP contribution < -0.4 is 29.7 Å². The average Bonchev–Trinajstić information content (AvgIpc) is 3.86. The summed E-state index contributed by atoms with van der Waals surface area (Å²) in [6, 6.07) is 46.7. The number of thiophene rings is 2. The van der Waals surface area contributed by atoms with E-state index in [0.717, 1.165) is 5.69 Å². The second-order valence-electron chi connectivity index (χ2n) is 21.2. The van der Waals surface area contributed by atoms with Gasteiger partial charge in [-0.15, -0.1) is 0 Å². The molecule has 3 nitrogen and oxygen atoms in total. The summed E-state index contributed by atoms with van der Waals surface area (Å²) in [7, 11) is 0. The lowest BCUT2D eigenvalue weighted by Gasteiger charge is -2.43. The van der Waals surface area contributed by atoms with Gasteiger partial charge in [0.2, 0.25) is 0 Å². The molecule has 7 heteroatoms. The summed E-state index contributed by atoms with van der Waals surface area (Å²) in [6.07, 6.45) is 0. The second kappa shape index (κ2) is 13.9. The zero-order chi connectivity index (χ0) is 43.0. The van der Waals surface area contributed by atoms with Gasteiger partial charge in [0, 0.05) is 51.8 Å². The fourth-order valence-electron chi connectivity index (χ4n) is 9.10. The van der Waals surface area contributed by atoms with Crippen LogP contribution in [0.2, 0.25) is 0 Å². The van der Waals surface area contributed by atoms with Crippen LogP contribution in [0.5, 0.6) is 0 Å². The van der Waals surface area contributed by atoms with Crippen LogP contribution in [-0.4, -0.2) is 6.71 Å². The van der Waals surface area contributed by atoms with E-state index in [-0.39, 0.29) is 28.4 Å². The van der Waals surface area contributed by atoms with Crippen molar-refractivity contribution >= 4 is 107 Å². The van der Waals surface area contributed by atoms with Gasteiger partial charge < -0.3 is 14.7 Å². The summed E-state index contributed by atoms with van der Waals surface area (Å²) in [6.45, 7) is 28.1. The minimum Gasteiger partial charge on any atom is -0.311 e. The highest BCUT2D eigenvalue weighted by Gasteiger charge is 2.47. The summed E-state index contributed by atoms with van der Waals surface area (Å²) < 4.78 is 2.87. The molecule has 0 unspecified atom stereocenters. The van der Waals surface area contributed by atoms with Gasteiger partial charge in [0.1, 0.15) is 0 Å². The fraction of sp³-hybridized carbons (Fsp3) is 0.296. The topological polar surface area (TPSA) is 9.72 Å². The van der Waals surface area contributed by atoms with Crippen molar-refractivity contribution in [3.8, 4) is 0 Å². The standard InChI is InChI=1S/C54H56BN3S3/c1-51(2,3)33-21-25-35(26-22-33)56-40-29-37(58-38-17-13-15-19-44(38)59-45-20-16-14-18-39(45)58)30-41-48(40)55(49-42(56)31-46(60-49)53(7,8)9)50-43(32-47(61-50)54(10,11)12)57(41)36-27-23-34(24-28-36)52(4,5)6/h13-32H,1-12H3. The van der Waals surface area contributed by atoms with Crippen molar-refractivity contribution in [1.29, 1.82) is 0 Å². The molecule has 10 rings (SSSR count). The highest BCUT2D eigenvalue weighted by molar-refractivity contribution is 7.99. The maximum Gasteiger partial charge on any atom is 0.277 e. The molecule has 61 heavy (non-hydrogen) atoms. The number of hydrogen-bond acceptors (Lipinski definition) is 6. The van der Waals surface area contributed by atoms with Gasteiger partial charge >= 0.3 is 0 Å². The van der Waals surface area contributed by atoms with Gasteiger partial charge in [0.05, 0.1) is 28.4 Å². The van der Waals surface area contributed by atoms with Crippen LogP contribution in [0.25, 0.3) is 0 Å². The number of rotatable bonds is 3. The first-order valence-electron chi connectivity index (χ1n) is 21.7. The normalized spacial score (nSPS) is 14.7. The minimum atomic E-state index is -0.00676. The minimum absolute atomic E-state index is 0.00676. The molecule has 0 saturated carbocycles. The summed E-state index contributed by atoms with van der Waals surface area (Å²) in [5.41, 5.74) is 15.2. The number of para-hydroxylation sites is 2. The SMILES string of the molecule is CC(C)(C)c1ccc(N2c3cc(C(C)(C)C)sc3B3c4sc(C(C)(C)C)cc4N(c4ccc(C(C)(C)C)cc4)c4cc(N5c6ccccc6Sc6ccccc65)cc2c43)cc1. The van der Waals surface area contributed by atoms with Gasteiger partial charge in [0.25, 0.3) is 6.71 Å². The third kappa shape index (κ3) is 6.69. The van der Waals surface area contributed by atoms with E-state index in [1.54, 1.807) is 0 Å². The monoisotopic (exact) mass is 853 g/mol. The number of fused-ring (bicyclic) bond motifs is 6. The van der Waals surface area contributed by atoms with E-state index < -0.39 is 0 Å². The Morgan fingerprint density at radius 3 is 1.13 bits per heavy atom. The molecule has 0 bridgehead atoms. The maximum absolute atomic E-state index is 2.60. The number of benzene rings is 5. The molecule has 5 heterocycles. The van der Waals surface area contributed by atoms with E-state index in [9.17, 15) is 0 Å². The van der Waals surface area contributed by atoms with Crippen molar-refractivity contribution in [1.82, 2.24) is 0 Å². The summed E-state index contributed by atoms with van der Waals surface area (Å²) in [5.74, 6) is 0. The molecule has 0 N–H and O–H groups in total. The van der Waals surface area contributed by atoms with Gasteiger partial charge in [-0.3, -0.25) is 0 Å². The number of hydrogen-bond donors (Lipinski definition) is 0. The molecule has 0 amide bonds. The Balaban J connectivity index is 1.33. The molecule has 3 aliphatic rings. The lowest BCUT2D eigenvalue weighted by molar-refractivity contribution is 0.590. The van der Waals surface area contributed by atoms with Crippen molar-refractivity contribution < 1.29 is 0 Å². The highest BCUT2D eigenvalue weighted by atomic mass is 32.2. The Morgan fingerprint density at radius 1 is 0.377 bits per heavy atom. The van der Waals surface area contributed by atoms with Gasteiger partial charge in [-0.05, 0) is 111 Å². The zero-order valence-corrected chi connectivity index (χ0v) is 40.1. The first kappa shape index (κ1) is 40.4. The lowest BCUT2D eigenvalue weighted by atomic mass is 9.39. The lowest BCUT2D eigenvalue weighted by Crippen LogP contribution is -2.59. The van der Waals surface area contributed by atoms with Crippen LogP contribution in [0.4, 0.5) is 51.2 Å². The molecule has 0 radical (unpaired) electrons. The Kier molecular flexibility index (Phi) is 9.21. The summed E-state index contributed by atoms with van der Waals surface area (Å²) in [4.78, 5) is 13.1. The molecule has 0 saturated heterocycles. The van der Waals surface area contributed by atoms with Crippen molar-refractivity contribution in [2.75, 3.05) is 14.7 Å². The van der Waals surface area contributed by atoms with Crippen LogP contribution in [0.1, 0.15) is 104 Å². The Morgan fingerprint density at radius 2 is 0.754 bits per heavy atom. The summed E-state index contributed by atoms with van der Waals surface area (Å²) in [5, 5.41) is 0. The van der Waals surface area contributed by atoms with Gasteiger partial charge in [-0.1, -0.05) is 143 Å². The molecular formula is C54H56BN3S3. The smallest absolute Gasteiger partial charge is 0.277 e. The fourth-order valence-corrected chi connectivity index (χ4v) is 12.9. The molecule has 0 fully saturated rings. The van der Waals surface area contributed by atoms with Crippen LogP contribution in [0.15, 0.2) is 131 Å². The quantitative estimate of drug-likeness (QED) is 0.164. The zero-order valence-electron chi connectivity index (χ0n) is 37.7. The highest BCUT2D eigenvalue weighted by Crippen LogP contribution is 2.55. The third-order valence-corrected chi connectivity index (χ3v) is 16.9. The van der Waals surface area contributed by atoms with E-state index in [2.05, 4.69) is 219 Å². The van der Waals surface area contributed by atoms with Gasteiger partial charge in [0.15, 0.2) is 0 Å². The molecule has 0 atom stereocenters. The first-order valence-corrected chi connectivity index (χ1v) is 24.2. The Labute approximate surface area is 376 Å². The number of nitrogens with zero attached hydrogens (tertiary/aromatic N) is 3. The third-order valence-electron chi connectivity index (χ3n) is 12.5. The van der Waals surface area contributed by atoms with E-state index in [1.165, 1.54) is 91.2 Å². The molecule has 0 spiro atoms. The van der Waals surface area contributed by atoms with Gasteiger partial charge in [-0.2, -0.15) is 22.7 Å². The number of anilines is 9. The first-order chi connectivity index (χ1) is 28.8. The molecular weight excluding hydrogens is 798 g/mol. The van der Waals surface area contributed by atoms with Crippen LogP contribution in [0.3, 0.4) is 0 Å². The van der Waals surface area contributed by atoms with Crippen molar-refractivity contribution in [3.63, 3.8) is 0 Å². The molecule has 5 aromatic carbocycles. The van der Waals surface area contributed by atoms with E-state index in [1.807, 2.05) is 34.4 Å². The largest absolute Gasteiger partial charge is 0.311 e. The van der Waals surface area contributed by atoms with Crippen LogP contribution in [0, 0.1) is 0 Å². The van der Waals surface area contributed by atoms with Crippen LogP contribution >= 0.6 is 34.4 Å². The second-order valence-corrected chi connectivity index (χ2v) is 24.4. The van der Waals surface area contributed by atoms with Gasteiger partial charge in [-0.25, -0.2) is 0 Å². The Bertz CT molecular complexity index is 2650. The molecule has 3 aliphatic heterocycles. The van der Waals surface area contributed by atoms with E-state index in [0.29, 0.717) is 0 Å². The summed E-state index contributed by atoms with van der Waals surface area (Å²) >= 11 is 5.90. The van der Waals surface area contributed by atoms with E-state index >= 15 is 0 Å². The predicted octanol–water partition coefficient (Wildman–Crippen LogP) is 15.0. The maximum atomic E-state index is 2.60. The van der Waals surface area contributed by atoms with Crippen molar-refractivity contribution in [2.24, 2.45) is 0 Å². The van der Waals surface area contributed by atoms with Crippen molar-refractivity contribution in [2.45, 2.75) is 115 Å². The van der Waals surface area contributed by atoms with E-state index in [4.69, 9.17) is 0 Å². The molecule has 7 aromatic rings. The molecule has 2 aromatic heterocycles. The predicted molar refractivity (Wildman–Crippen MR) is 270 cm³/mol. The molecule has 308 valence electrons. The molecule has 0 aliphatic carbocycles.